The molecule has 3 N–H and O–H groups in total. The Kier molecular flexibility index (Phi) is 3.99. The molecule has 0 saturated carbocycles. The maximum absolute atomic E-state index is 13.6. The lowest BCUT2D eigenvalue weighted by atomic mass is 10.0. The summed E-state index contributed by atoms with van der Waals surface area (Å²) in [6.45, 7) is 0. The summed E-state index contributed by atoms with van der Waals surface area (Å²) in [7, 11) is 0. The van der Waals surface area contributed by atoms with Crippen LogP contribution in [-0.4, -0.2) is 5.11 Å². The quantitative estimate of drug-likeness (QED) is 0.853. The highest BCUT2D eigenvalue weighted by molar-refractivity contribution is 9.10. The molecular weight excluding hydrogens is 297 g/mol. The van der Waals surface area contributed by atoms with Gasteiger partial charge in [-0.3, -0.25) is 0 Å². The molecule has 0 aromatic heterocycles. The van der Waals surface area contributed by atoms with E-state index in [1.54, 1.807) is 36.4 Å². The SMILES string of the molecule is Nc1ccc(C(O)Cc2cc(Br)ccc2F)cc1. The molecule has 1 unspecified atom stereocenters. The number of aliphatic hydroxyl groups excluding tert-OH is 1. The summed E-state index contributed by atoms with van der Waals surface area (Å²) in [6.07, 6.45) is -0.510. The zero-order valence-corrected chi connectivity index (χ0v) is 11.2. The van der Waals surface area contributed by atoms with E-state index in [1.165, 1.54) is 6.07 Å². The predicted octanol–water partition coefficient (Wildman–Crippen LogP) is 3.45. The minimum atomic E-state index is -0.741. The second-order valence-electron chi connectivity index (χ2n) is 4.12. The number of hydrogen-bond acceptors (Lipinski definition) is 2. The molecule has 1 atom stereocenters. The Morgan fingerprint density at radius 3 is 2.50 bits per heavy atom. The molecule has 2 aromatic carbocycles. The molecule has 2 rings (SSSR count). The fourth-order valence-electron chi connectivity index (χ4n) is 1.74. The van der Waals surface area contributed by atoms with Gasteiger partial charge in [0.15, 0.2) is 0 Å². The summed E-state index contributed by atoms with van der Waals surface area (Å²) in [5.41, 5.74) is 7.42. The van der Waals surface area contributed by atoms with Gasteiger partial charge in [0.1, 0.15) is 5.82 Å². The largest absolute Gasteiger partial charge is 0.399 e. The lowest BCUT2D eigenvalue weighted by Crippen LogP contribution is -2.03. The molecule has 0 aliphatic carbocycles. The minimum absolute atomic E-state index is 0.231. The fourth-order valence-corrected chi connectivity index (χ4v) is 2.15. The van der Waals surface area contributed by atoms with Crippen molar-refractivity contribution in [3.05, 3.63) is 63.9 Å². The topological polar surface area (TPSA) is 46.2 Å². The Bertz CT molecular complexity index is 542. The number of hydrogen-bond donors (Lipinski definition) is 2. The van der Waals surface area contributed by atoms with E-state index < -0.39 is 6.10 Å². The summed E-state index contributed by atoms with van der Waals surface area (Å²) in [5.74, 6) is -0.312. The van der Waals surface area contributed by atoms with Crippen LogP contribution in [0.1, 0.15) is 17.2 Å². The van der Waals surface area contributed by atoms with Crippen LogP contribution < -0.4 is 5.73 Å². The molecule has 0 bridgehead atoms. The van der Waals surface area contributed by atoms with Gasteiger partial charge >= 0.3 is 0 Å². The first-order valence-corrected chi connectivity index (χ1v) is 6.33. The van der Waals surface area contributed by atoms with Crippen molar-refractivity contribution in [1.82, 2.24) is 0 Å². The van der Waals surface area contributed by atoms with Gasteiger partial charge in [-0.1, -0.05) is 28.1 Å². The molecule has 4 heteroatoms. The van der Waals surface area contributed by atoms with E-state index in [0.29, 0.717) is 11.3 Å². The molecule has 18 heavy (non-hydrogen) atoms. The number of halogens is 2. The van der Waals surface area contributed by atoms with Crippen LogP contribution in [0.4, 0.5) is 10.1 Å². The maximum atomic E-state index is 13.6. The van der Waals surface area contributed by atoms with Crippen LogP contribution >= 0.6 is 15.9 Å². The highest BCUT2D eigenvalue weighted by Crippen LogP contribution is 2.23. The minimum Gasteiger partial charge on any atom is -0.399 e. The van der Waals surface area contributed by atoms with Gasteiger partial charge in [0.2, 0.25) is 0 Å². The average molecular weight is 310 g/mol. The average Bonchev–Trinajstić information content (AvgIpc) is 2.34. The van der Waals surface area contributed by atoms with E-state index in [0.717, 1.165) is 10.0 Å². The van der Waals surface area contributed by atoms with Gasteiger partial charge in [0, 0.05) is 16.6 Å². The van der Waals surface area contributed by atoms with Gasteiger partial charge in [-0.15, -0.1) is 0 Å². The molecule has 0 amide bonds. The van der Waals surface area contributed by atoms with Crippen LogP contribution in [0, 0.1) is 5.82 Å². The second kappa shape index (κ2) is 5.50. The van der Waals surface area contributed by atoms with Crippen molar-refractivity contribution < 1.29 is 9.50 Å². The molecule has 0 radical (unpaired) electrons. The van der Waals surface area contributed by atoms with Crippen molar-refractivity contribution in [1.29, 1.82) is 0 Å². The fraction of sp³-hybridized carbons (Fsp3) is 0.143. The highest BCUT2D eigenvalue weighted by Gasteiger charge is 2.12. The van der Waals surface area contributed by atoms with E-state index in [9.17, 15) is 9.50 Å². The number of nitrogen functional groups attached to an aromatic ring is 1. The number of rotatable bonds is 3. The predicted molar refractivity (Wildman–Crippen MR) is 73.6 cm³/mol. The molecule has 2 nitrogen and oxygen atoms in total. The molecule has 0 heterocycles. The van der Waals surface area contributed by atoms with Crippen molar-refractivity contribution in [2.24, 2.45) is 0 Å². The van der Waals surface area contributed by atoms with E-state index in [1.807, 2.05) is 0 Å². The molecule has 0 spiro atoms. The van der Waals surface area contributed by atoms with Crippen molar-refractivity contribution in [2.75, 3.05) is 5.73 Å². The van der Waals surface area contributed by atoms with Crippen molar-refractivity contribution >= 4 is 21.6 Å². The first-order valence-electron chi connectivity index (χ1n) is 5.53. The highest BCUT2D eigenvalue weighted by atomic mass is 79.9. The zero-order chi connectivity index (χ0) is 13.1. The normalized spacial score (nSPS) is 12.4. The van der Waals surface area contributed by atoms with E-state index in [4.69, 9.17) is 5.73 Å². The summed E-state index contributed by atoms with van der Waals surface area (Å²) in [4.78, 5) is 0. The third-order valence-corrected chi connectivity index (χ3v) is 3.24. The Balaban J connectivity index is 2.18. The van der Waals surface area contributed by atoms with Gasteiger partial charge in [-0.25, -0.2) is 4.39 Å². The van der Waals surface area contributed by atoms with Crippen LogP contribution in [0.5, 0.6) is 0 Å². The Morgan fingerprint density at radius 1 is 1.17 bits per heavy atom. The summed E-state index contributed by atoms with van der Waals surface area (Å²) < 4.78 is 14.4. The smallest absolute Gasteiger partial charge is 0.126 e. The number of anilines is 1. The van der Waals surface area contributed by atoms with Crippen LogP contribution in [-0.2, 0) is 6.42 Å². The van der Waals surface area contributed by atoms with Crippen molar-refractivity contribution in [3.8, 4) is 0 Å². The third kappa shape index (κ3) is 3.09. The Labute approximate surface area is 113 Å². The lowest BCUT2D eigenvalue weighted by Gasteiger charge is -2.12. The summed E-state index contributed by atoms with van der Waals surface area (Å²) in [6, 6.07) is 11.6. The van der Waals surface area contributed by atoms with Crippen molar-refractivity contribution in [3.63, 3.8) is 0 Å². The summed E-state index contributed by atoms with van der Waals surface area (Å²) in [5, 5.41) is 10.1. The van der Waals surface area contributed by atoms with Crippen LogP contribution in [0.25, 0.3) is 0 Å². The Morgan fingerprint density at radius 2 is 1.83 bits per heavy atom. The molecule has 0 saturated heterocycles. The number of nitrogens with two attached hydrogens (primary N) is 1. The zero-order valence-electron chi connectivity index (χ0n) is 9.61. The van der Waals surface area contributed by atoms with E-state index >= 15 is 0 Å². The molecule has 2 aromatic rings. The van der Waals surface area contributed by atoms with E-state index in [-0.39, 0.29) is 12.2 Å². The second-order valence-corrected chi connectivity index (χ2v) is 5.04. The first-order chi connectivity index (χ1) is 8.56. The number of benzene rings is 2. The summed E-state index contributed by atoms with van der Waals surface area (Å²) >= 11 is 3.29. The molecule has 0 aliphatic heterocycles. The Hall–Kier alpha value is -1.39. The number of aliphatic hydroxyl groups is 1. The standard InChI is InChI=1S/C14H13BrFNO/c15-11-3-6-13(16)10(7-11)8-14(18)9-1-4-12(17)5-2-9/h1-7,14,18H,8,17H2. The van der Waals surface area contributed by atoms with Gasteiger partial charge in [0.05, 0.1) is 6.10 Å². The third-order valence-electron chi connectivity index (χ3n) is 2.74. The van der Waals surface area contributed by atoms with Gasteiger partial charge in [-0.05, 0) is 41.5 Å². The monoisotopic (exact) mass is 309 g/mol. The lowest BCUT2D eigenvalue weighted by molar-refractivity contribution is 0.177. The van der Waals surface area contributed by atoms with Crippen molar-refractivity contribution in [2.45, 2.75) is 12.5 Å². The van der Waals surface area contributed by atoms with E-state index in [2.05, 4.69) is 15.9 Å². The molecule has 0 fully saturated rings. The van der Waals surface area contributed by atoms with Crippen LogP contribution in [0.15, 0.2) is 46.9 Å². The van der Waals surface area contributed by atoms with Gasteiger partial charge in [-0.2, -0.15) is 0 Å². The maximum Gasteiger partial charge on any atom is 0.126 e. The van der Waals surface area contributed by atoms with Gasteiger partial charge in [0.25, 0.3) is 0 Å². The molecular formula is C14H13BrFNO. The van der Waals surface area contributed by atoms with Crippen LogP contribution in [0.2, 0.25) is 0 Å². The van der Waals surface area contributed by atoms with Crippen LogP contribution in [0.3, 0.4) is 0 Å². The first kappa shape index (κ1) is 13.1. The van der Waals surface area contributed by atoms with Gasteiger partial charge < -0.3 is 10.8 Å². The molecule has 0 aliphatic rings. The molecule has 94 valence electrons.